The van der Waals surface area contributed by atoms with Gasteiger partial charge in [0.05, 0.1) is 0 Å². The summed E-state index contributed by atoms with van der Waals surface area (Å²) in [5.74, 6) is 4.25. The van der Waals surface area contributed by atoms with Gasteiger partial charge in [-0.25, -0.2) is 0 Å². The standard InChI is InChI=1S/C39H62O3/c1-25(2)31-13-10-28(7)34(22-31)16-18-37(41)39(20-21-40,36-24-33(27(5)6)15-12-30(36)9)38(42)19-17-35-23-32(26(3)4)14-11-29(35)8/h10-11,21,25-27,31-35H,12-20,22-24H2,1-9H3/t31-,32-,33-,34-,35+,39?/m0/s1. The van der Waals surface area contributed by atoms with Crippen LogP contribution in [0.2, 0.25) is 0 Å². The van der Waals surface area contributed by atoms with E-state index in [0.717, 1.165) is 69.6 Å². The molecule has 1 unspecified atom stereocenters. The molecule has 3 aliphatic rings. The molecule has 0 spiro atoms. The number of hydrogen-bond donors (Lipinski definition) is 0. The van der Waals surface area contributed by atoms with Crippen molar-refractivity contribution < 1.29 is 14.4 Å². The van der Waals surface area contributed by atoms with Gasteiger partial charge in [0, 0.05) is 19.3 Å². The monoisotopic (exact) mass is 578 g/mol. The first kappa shape index (κ1) is 34.7. The molecule has 0 aliphatic heterocycles. The second kappa shape index (κ2) is 15.3. The Morgan fingerprint density at radius 3 is 1.64 bits per heavy atom. The van der Waals surface area contributed by atoms with Gasteiger partial charge in [-0.2, -0.15) is 0 Å². The summed E-state index contributed by atoms with van der Waals surface area (Å²) in [6, 6.07) is 0. The van der Waals surface area contributed by atoms with Crippen molar-refractivity contribution in [2.75, 3.05) is 0 Å². The SMILES string of the molecule is CC1=CC[C@H](C(C)C)C[C@H]1CCC(=O)C(CC=O)(C(=O)CC[C@H]1C[C@@H](C(C)C)CC=C1C)C1=C(C)CC[C@H](C(C)C)C1. The van der Waals surface area contributed by atoms with Gasteiger partial charge in [-0.3, -0.25) is 9.59 Å². The largest absolute Gasteiger partial charge is 0.303 e. The lowest BCUT2D eigenvalue weighted by Crippen LogP contribution is -2.44. The Morgan fingerprint density at radius 1 is 0.786 bits per heavy atom. The fraction of sp³-hybridized carbons (Fsp3) is 0.769. The van der Waals surface area contributed by atoms with E-state index >= 15 is 0 Å². The van der Waals surface area contributed by atoms with Crippen molar-refractivity contribution in [3.63, 3.8) is 0 Å². The van der Waals surface area contributed by atoms with Gasteiger partial charge in [0.1, 0.15) is 11.7 Å². The number of Topliss-reactive ketones (excluding diaryl/α,β-unsaturated/α-hetero) is 2. The molecule has 0 saturated carbocycles. The van der Waals surface area contributed by atoms with Gasteiger partial charge in [0.25, 0.3) is 0 Å². The third-order valence-corrected chi connectivity index (χ3v) is 11.9. The first-order valence-electron chi connectivity index (χ1n) is 17.3. The second-order valence-corrected chi connectivity index (χ2v) is 15.4. The van der Waals surface area contributed by atoms with Crippen molar-refractivity contribution in [3.8, 4) is 0 Å². The molecule has 6 atom stereocenters. The number of allylic oxidation sites excluding steroid dienone is 6. The van der Waals surface area contributed by atoms with Crippen LogP contribution in [0, 0.1) is 52.8 Å². The van der Waals surface area contributed by atoms with E-state index in [1.54, 1.807) is 0 Å². The summed E-state index contributed by atoms with van der Waals surface area (Å²) in [5, 5.41) is 0. The van der Waals surface area contributed by atoms with Crippen molar-refractivity contribution in [1.29, 1.82) is 0 Å². The third kappa shape index (κ3) is 8.03. The van der Waals surface area contributed by atoms with Crippen LogP contribution in [0.1, 0.15) is 139 Å². The summed E-state index contributed by atoms with van der Waals surface area (Å²) < 4.78 is 0. The van der Waals surface area contributed by atoms with E-state index in [4.69, 9.17) is 0 Å². The molecule has 0 fully saturated rings. The molecule has 3 aliphatic carbocycles. The van der Waals surface area contributed by atoms with Gasteiger partial charge < -0.3 is 4.79 Å². The average molecular weight is 579 g/mol. The summed E-state index contributed by atoms with van der Waals surface area (Å²) in [7, 11) is 0. The third-order valence-electron chi connectivity index (χ3n) is 11.9. The van der Waals surface area contributed by atoms with Crippen LogP contribution in [0.15, 0.2) is 34.4 Å². The van der Waals surface area contributed by atoms with Crippen molar-refractivity contribution in [3.05, 3.63) is 34.4 Å². The van der Waals surface area contributed by atoms with Gasteiger partial charge in [0.15, 0.2) is 11.6 Å². The second-order valence-electron chi connectivity index (χ2n) is 15.4. The summed E-state index contributed by atoms with van der Waals surface area (Å²) in [6.07, 6.45) is 15.2. The molecule has 3 rings (SSSR count). The number of ketones is 2. The zero-order valence-corrected chi connectivity index (χ0v) is 28.6. The van der Waals surface area contributed by atoms with Crippen molar-refractivity contribution in [2.45, 2.75) is 139 Å². The normalized spacial score (nSPS) is 28.5. The van der Waals surface area contributed by atoms with E-state index in [0.29, 0.717) is 60.2 Å². The van der Waals surface area contributed by atoms with Crippen molar-refractivity contribution >= 4 is 17.9 Å². The summed E-state index contributed by atoms with van der Waals surface area (Å²) >= 11 is 0. The number of hydrogen-bond acceptors (Lipinski definition) is 3. The van der Waals surface area contributed by atoms with Crippen molar-refractivity contribution in [2.24, 2.45) is 52.8 Å². The first-order chi connectivity index (χ1) is 19.8. The highest BCUT2D eigenvalue weighted by molar-refractivity contribution is 6.11. The zero-order chi connectivity index (χ0) is 31.2. The van der Waals surface area contributed by atoms with Crippen LogP contribution in [-0.4, -0.2) is 17.9 Å². The lowest BCUT2D eigenvalue weighted by Gasteiger charge is -2.40. The number of carbonyl (C=O) groups is 3. The Bertz CT molecular complexity index is 996. The highest BCUT2D eigenvalue weighted by Gasteiger charge is 2.49. The van der Waals surface area contributed by atoms with Gasteiger partial charge in [-0.1, -0.05) is 70.4 Å². The Hall–Kier alpha value is -1.77. The van der Waals surface area contributed by atoms with Crippen LogP contribution in [0.3, 0.4) is 0 Å². The minimum absolute atomic E-state index is 0.00433. The Morgan fingerprint density at radius 2 is 1.24 bits per heavy atom. The molecular weight excluding hydrogens is 516 g/mol. The molecule has 0 amide bonds. The molecule has 3 heteroatoms. The molecule has 0 aromatic heterocycles. The average Bonchev–Trinajstić information content (AvgIpc) is 2.94. The lowest BCUT2D eigenvalue weighted by atomic mass is 9.61. The van der Waals surface area contributed by atoms with Crippen LogP contribution in [0.4, 0.5) is 0 Å². The topological polar surface area (TPSA) is 51.2 Å². The van der Waals surface area contributed by atoms with Gasteiger partial charge in [-0.15, -0.1) is 0 Å². The quantitative estimate of drug-likeness (QED) is 0.117. The lowest BCUT2D eigenvalue weighted by molar-refractivity contribution is -0.141. The van der Waals surface area contributed by atoms with E-state index in [2.05, 4.69) is 74.5 Å². The van der Waals surface area contributed by atoms with E-state index in [-0.39, 0.29) is 18.0 Å². The molecule has 0 N–H and O–H groups in total. The van der Waals surface area contributed by atoms with Crippen molar-refractivity contribution in [1.82, 2.24) is 0 Å². The fourth-order valence-corrected chi connectivity index (χ4v) is 8.29. The van der Waals surface area contributed by atoms with Gasteiger partial charge >= 0.3 is 0 Å². The highest BCUT2D eigenvalue weighted by Crippen LogP contribution is 2.48. The Labute approximate surface area is 258 Å². The van der Waals surface area contributed by atoms with Gasteiger partial charge in [0.2, 0.25) is 0 Å². The predicted octanol–water partition coefficient (Wildman–Crippen LogP) is 10.3. The van der Waals surface area contributed by atoms with Crippen LogP contribution in [0.5, 0.6) is 0 Å². The molecule has 3 nitrogen and oxygen atoms in total. The maximum absolute atomic E-state index is 14.6. The zero-order valence-electron chi connectivity index (χ0n) is 28.6. The molecule has 0 saturated heterocycles. The number of rotatable bonds is 14. The minimum Gasteiger partial charge on any atom is -0.303 e. The highest BCUT2D eigenvalue weighted by atomic mass is 16.2. The van der Waals surface area contributed by atoms with Crippen LogP contribution in [-0.2, 0) is 14.4 Å². The molecule has 0 aromatic carbocycles. The summed E-state index contributed by atoms with van der Waals surface area (Å²) in [6.45, 7) is 20.2. The van der Waals surface area contributed by atoms with E-state index in [1.807, 2.05) is 0 Å². The Balaban J connectivity index is 1.92. The fourth-order valence-electron chi connectivity index (χ4n) is 8.29. The molecule has 236 valence electrons. The van der Waals surface area contributed by atoms with Crippen LogP contribution < -0.4 is 0 Å². The first-order valence-corrected chi connectivity index (χ1v) is 17.3. The minimum atomic E-state index is -1.28. The Kier molecular flexibility index (Phi) is 12.6. The number of aldehydes is 1. The predicted molar refractivity (Wildman–Crippen MR) is 176 cm³/mol. The van der Waals surface area contributed by atoms with E-state index in [9.17, 15) is 14.4 Å². The molecule has 0 aromatic rings. The number of carbonyl (C=O) groups excluding carboxylic acids is 3. The maximum Gasteiger partial charge on any atom is 0.150 e. The van der Waals surface area contributed by atoms with E-state index in [1.165, 1.54) is 16.7 Å². The van der Waals surface area contributed by atoms with E-state index < -0.39 is 5.41 Å². The molecule has 42 heavy (non-hydrogen) atoms. The molecule has 0 bridgehead atoms. The van der Waals surface area contributed by atoms with Crippen LogP contribution >= 0.6 is 0 Å². The molecular formula is C39H62O3. The van der Waals surface area contributed by atoms with Gasteiger partial charge in [-0.05, 0) is 131 Å². The smallest absolute Gasteiger partial charge is 0.150 e. The summed E-state index contributed by atoms with van der Waals surface area (Å²) in [4.78, 5) is 41.6. The molecule has 0 heterocycles. The van der Waals surface area contributed by atoms with Crippen LogP contribution in [0.25, 0.3) is 0 Å². The summed E-state index contributed by atoms with van der Waals surface area (Å²) in [5.41, 5.74) is 3.67. The maximum atomic E-state index is 14.6. The molecule has 0 radical (unpaired) electrons.